The van der Waals surface area contributed by atoms with Gasteiger partial charge in [-0.05, 0) is 36.8 Å². The molecule has 23 heavy (non-hydrogen) atoms. The minimum absolute atomic E-state index is 0.786. The number of benzene rings is 1. The van der Waals surface area contributed by atoms with E-state index in [1.54, 1.807) is 11.3 Å². The van der Waals surface area contributed by atoms with Gasteiger partial charge in [0.05, 0.1) is 10.2 Å². The van der Waals surface area contributed by atoms with Crippen molar-refractivity contribution in [3.05, 3.63) is 47.1 Å². The first kappa shape index (κ1) is 14.7. The Morgan fingerprint density at radius 1 is 1.04 bits per heavy atom. The number of thiazole rings is 1. The Balaban J connectivity index is 1.53. The second-order valence-corrected chi connectivity index (χ2v) is 7.09. The lowest BCUT2D eigenvalue weighted by molar-refractivity contribution is 0.646. The number of fused-ring (bicyclic) bond motifs is 1. The van der Waals surface area contributed by atoms with Crippen LogP contribution in [-0.4, -0.2) is 36.1 Å². The molecule has 3 heterocycles. The summed E-state index contributed by atoms with van der Waals surface area (Å²) in [4.78, 5) is 13.9. The minimum atomic E-state index is 0.786. The van der Waals surface area contributed by atoms with Crippen molar-refractivity contribution in [2.24, 2.45) is 0 Å². The lowest BCUT2D eigenvalue weighted by Crippen LogP contribution is -2.46. The standard InChI is InChI=1S/C17H17ClN4S/c1-12-13(18)5-6-14-16(12)20-17(23-14)22-10-8-21(9-11-22)15-4-2-3-7-19-15/h2-7H,8-11H2,1H3. The highest BCUT2D eigenvalue weighted by atomic mass is 35.5. The van der Waals surface area contributed by atoms with Gasteiger partial charge in [0.1, 0.15) is 5.82 Å². The molecule has 1 saturated heterocycles. The van der Waals surface area contributed by atoms with Crippen LogP contribution in [0, 0.1) is 6.92 Å². The summed E-state index contributed by atoms with van der Waals surface area (Å²) < 4.78 is 1.20. The highest BCUT2D eigenvalue weighted by Gasteiger charge is 2.21. The first-order chi connectivity index (χ1) is 11.2. The second-order valence-electron chi connectivity index (χ2n) is 5.68. The van der Waals surface area contributed by atoms with Crippen molar-refractivity contribution < 1.29 is 0 Å². The van der Waals surface area contributed by atoms with Crippen LogP contribution in [0.1, 0.15) is 5.56 Å². The van der Waals surface area contributed by atoms with E-state index in [1.165, 1.54) is 4.70 Å². The molecular formula is C17H17ClN4S. The van der Waals surface area contributed by atoms with E-state index >= 15 is 0 Å². The van der Waals surface area contributed by atoms with Gasteiger partial charge in [-0.2, -0.15) is 0 Å². The SMILES string of the molecule is Cc1c(Cl)ccc2sc(N3CCN(c4ccccn4)CC3)nc12. The van der Waals surface area contributed by atoms with Crippen LogP contribution in [0.15, 0.2) is 36.5 Å². The summed E-state index contributed by atoms with van der Waals surface area (Å²) in [5, 5.41) is 1.88. The molecule has 3 aromatic rings. The third-order valence-electron chi connectivity index (χ3n) is 4.26. The zero-order chi connectivity index (χ0) is 15.8. The Morgan fingerprint density at radius 3 is 2.57 bits per heavy atom. The minimum Gasteiger partial charge on any atom is -0.353 e. The average molecular weight is 345 g/mol. The maximum Gasteiger partial charge on any atom is 0.186 e. The van der Waals surface area contributed by atoms with Gasteiger partial charge < -0.3 is 9.80 Å². The molecule has 1 aromatic carbocycles. The van der Waals surface area contributed by atoms with E-state index in [9.17, 15) is 0 Å². The van der Waals surface area contributed by atoms with Crippen molar-refractivity contribution >= 4 is 44.1 Å². The Labute approximate surface area is 144 Å². The lowest BCUT2D eigenvalue weighted by Gasteiger charge is -2.35. The van der Waals surface area contributed by atoms with E-state index in [0.29, 0.717) is 0 Å². The van der Waals surface area contributed by atoms with Crippen LogP contribution >= 0.6 is 22.9 Å². The molecule has 0 N–H and O–H groups in total. The third kappa shape index (κ3) is 2.75. The molecule has 0 saturated carbocycles. The number of pyridine rings is 1. The Hall–Kier alpha value is -1.85. The van der Waals surface area contributed by atoms with Crippen molar-refractivity contribution in [1.29, 1.82) is 0 Å². The molecule has 0 spiro atoms. The van der Waals surface area contributed by atoms with Gasteiger partial charge >= 0.3 is 0 Å². The second kappa shape index (κ2) is 5.98. The van der Waals surface area contributed by atoms with Gasteiger partial charge in [0.2, 0.25) is 0 Å². The number of hydrogen-bond acceptors (Lipinski definition) is 5. The number of halogens is 1. The number of aryl methyl sites for hydroxylation is 1. The Morgan fingerprint density at radius 2 is 1.83 bits per heavy atom. The average Bonchev–Trinajstić information content (AvgIpc) is 3.04. The summed E-state index contributed by atoms with van der Waals surface area (Å²) in [6.45, 7) is 5.89. The predicted molar refractivity (Wildman–Crippen MR) is 98.0 cm³/mol. The van der Waals surface area contributed by atoms with Crippen molar-refractivity contribution in [2.45, 2.75) is 6.92 Å². The van der Waals surface area contributed by atoms with Gasteiger partial charge in [-0.15, -0.1) is 0 Å². The highest BCUT2D eigenvalue weighted by Crippen LogP contribution is 2.34. The molecule has 0 bridgehead atoms. The maximum atomic E-state index is 6.21. The van der Waals surface area contributed by atoms with Gasteiger partial charge in [-0.1, -0.05) is 29.0 Å². The van der Waals surface area contributed by atoms with E-state index in [2.05, 4.69) is 26.9 Å². The maximum absolute atomic E-state index is 6.21. The first-order valence-electron chi connectivity index (χ1n) is 7.69. The van der Waals surface area contributed by atoms with Gasteiger partial charge in [0, 0.05) is 37.4 Å². The monoisotopic (exact) mass is 344 g/mol. The smallest absolute Gasteiger partial charge is 0.186 e. The fraction of sp³-hybridized carbons (Fsp3) is 0.294. The number of anilines is 2. The summed E-state index contributed by atoms with van der Waals surface area (Å²) in [5.74, 6) is 1.05. The molecule has 0 atom stereocenters. The van der Waals surface area contributed by atoms with E-state index in [-0.39, 0.29) is 0 Å². The molecule has 1 fully saturated rings. The number of nitrogens with zero attached hydrogens (tertiary/aromatic N) is 4. The number of rotatable bonds is 2. The largest absolute Gasteiger partial charge is 0.353 e. The van der Waals surface area contributed by atoms with Gasteiger partial charge in [0.25, 0.3) is 0 Å². The van der Waals surface area contributed by atoms with Crippen molar-refractivity contribution in [2.75, 3.05) is 36.0 Å². The van der Waals surface area contributed by atoms with Gasteiger partial charge in [-0.3, -0.25) is 0 Å². The summed E-state index contributed by atoms with van der Waals surface area (Å²) in [5.41, 5.74) is 2.10. The van der Waals surface area contributed by atoms with Crippen molar-refractivity contribution in [3.63, 3.8) is 0 Å². The van der Waals surface area contributed by atoms with E-state index < -0.39 is 0 Å². The van der Waals surface area contributed by atoms with Crippen LogP contribution in [-0.2, 0) is 0 Å². The fourth-order valence-electron chi connectivity index (χ4n) is 2.89. The highest BCUT2D eigenvalue weighted by molar-refractivity contribution is 7.22. The zero-order valence-corrected chi connectivity index (χ0v) is 14.4. The molecule has 118 valence electrons. The molecule has 0 unspecified atom stereocenters. The molecule has 6 heteroatoms. The number of piperazine rings is 1. The summed E-state index contributed by atoms with van der Waals surface area (Å²) in [6, 6.07) is 10.1. The first-order valence-corrected chi connectivity index (χ1v) is 8.88. The summed E-state index contributed by atoms with van der Waals surface area (Å²) >= 11 is 7.95. The van der Waals surface area contributed by atoms with Crippen LogP contribution in [0.5, 0.6) is 0 Å². The lowest BCUT2D eigenvalue weighted by atomic mass is 10.2. The fourth-order valence-corrected chi connectivity index (χ4v) is 4.12. The molecule has 4 rings (SSSR count). The molecule has 0 radical (unpaired) electrons. The summed E-state index contributed by atoms with van der Waals surface area (Å²) in [6.07, 6.45) is 1.85. The molecule has 0 aliphatic carbocycles. The van der Waals surface area contributed by atoms with Crippen LogP contribution in [0.4, 0.5) is 10.9 Å². The molecule has 2 aromatic heterocycles. The normalized spacial score (nSPS) is 15.4. The topological polar surface area (TPSA) is 32.3 Å². The molecule has 0 amide bonds. The van der Waals surface area contributed by atoms with Crippen LogP contribution < -0.4 is 9.80 Å². The van der Waals surface area contributed by atoms with Gasteiger partial charge in [-0.25, -0.2) is 9.97 Å². The predicted octanol–water partition coefficient (Wildman–Crippen LogP) is 3.98. The van der Waals surface area contributed by atoms with Crippen LogP contribution in [0.3, 0.4) is 0 Å². The number of hydrogen-bond donors (Lipinski definition) is 0. The van der Waals surface area contributed by atoms with Crippen LogP contribution in [0.2, 0.25) is 5.02 Å². The molecular weight excluding hydrogens is 328 g/mol. The quantitative estimate of drug-likeness (QED) is 0.704. The molecule has 1 aliphatic rings. The van der Waals surface area contributed by atoms with Crippen molar-refractivity contribution in [3.8, 4) is 0 Å². The molecule has 1 aliphatic heterocycles. The summed E-state index contributed by atoms with van der Waals surface area (Å²) in [7, 11) is 0. The third-order valence-corrected chi connectivity index (χ3v) is 5.75. The van der Waals surface area contributed by atoms with Crippen molar-refractivity contribution in [1.82, 2.24) is 9.97 Å². The Bertz CT molecular complexity index is 825. The molecule has 4 nitrogen and oxygen atoms in total. The zero-order valence-electron chi connectivity index (χ0n) is 12.9. The van der Waals surface area contributed by atoms with E-state index in [1.807, 2.05) is 31.3 Å². The van der Waals surface area contributed by atoms with E-state index in [0.717, 1.165) is 53.2 Å². The number of aromatic nitrogens is 2. The van der Waals surface area contributed by atoms with Gasteiger partial charge in [0.15, 0.2) is 5.13 Å². The Kier molecular flexibility index (Phi) is 3.83. The van der Waals surface area contributed by atoms with Crippen LogP contribution in [0.25, 0.3) is 10.2 Å². The van der Waals surface area contributed by atoms with E-state index in [4.69, 9.17) is 16.6 Å².